The highest BCUT2D eigenvalue weighted by molar-refractivity contribution is 5.79. The lowest BCUT2D eigenvalue weighted by molar-refractivity contribution is -0.131. The molecule has 0 fully saturated rings. The first-order valence-electron chi connectivity index (χ1n) is 6.51. The average molecular weight is 284 g/mol. The van der Waals surface area contributed by atoms with Gasteiger partial charge in [0.2, 0.25) is 0 Å². The van der Waals surface area contributed by atoms with Crippen LogP contribution in [0, 0.1) is 0 Å². The van der Waals surface area contributed by atoms with Crippen molar-refractivity contribution in [3.05, 3.63) is 77.9 Å². The molecule has 21 heavy (non-hydrogen) atoms. The maximum absolute atomic E-state index is 10.4. The van der Waals surface area contributed by atoms with Gasteiger partial charge in [0, 0.05) is 6.08 Å². The van der Waals surface area contributed by atoms with Crippen molar-refractivity contribution in [1.29, 1.82) is 0 Å². The number of ether oxygens (including phenoxy) is 1. The topological polar surface area (TPSA) is 66.8 Å². The summed E-state index contributed by atoms with van der Waals surface area (Å²) in [4.78, 5) is 10.4. The Balaban J connectivity index is 1.94. The van der Waals surface area contributed by atoms with Crippen molar-refractivity contribution in [2.75, 3.05) is 0 Å². The van der Waals surface area contributed by atoms with Crippen LogP contribution in [0.15, 0.2) is 66.7 Å². The van der Waals surface area contributed by atoms with Crippen molar-refractivity contribution in [2.24, 2.45) is 0 Å². The van der Waals surface area contributed by atoms with Crippen LogP contribution in [0.3, 0.4) is 0 Å². The number of hydrogen-bond acceptors (Lipinski definition) is 3. The van der Waals surface area contributed by atoms with E-state index >= 15 is 0 Å². The molecule has 0 aliphatic carbocycles. The molecule has 0 saturated heterocycles. The van der Waals surface area contributed by atoms with Crippen molar-refractivity contribution < 1.29 is 19.7 Å². The predicted octanol–water partition coefficient (Wildman–Crippen LogP) is 2.94. The van der Waals surface area contributed by atoms with Gasteiger partial charge in [-0.3, -0.25) is 0 Å². The van der Waals surface area contributed by atoms with Crippen LogP contribution in [0.5, 0.6) is 5.75 Å². The van der Waals surface area contributed by atoms with Crippen LogP contribution < -0.4 is 4.74 Å². The van der Waals surface area contributed by atoms with Crippen molar-refractivity contribution in [2.45, 2.75) is 12.7 Å². The van der Waals surface area contributed by atoms with Crippen LogP contribution in [0.25, 0.3) is 0 Å². The Hall–Kier alpha value is -2.59. The molecule has 2 aromatic rings. The number of carbonyl (C=O) groups is 1. The maximum atomic E-state index is 10.4. The van der Waals surface area contributed by atoms with Crippen molar-refractivity contribution in [3.63, 3.8) is 0 Å². The monoisotopic (exact) mass is 284 g/mol. The number of hydrogen-bond donors (Lipinski definition) is 2. The van der Waals surface area contributed by atoms with Crippen LogP contribution in [-0.4, -0.2) is 16.2 Å². The molecule has 4 nitrogen and oxygen atoms in total. The third-order valence-electron chi connectivity index (χ3n) is 2.89. The first-order valence-corrected chi connectivity index (χ1v) is 6.51. The first-order chi connectivity index (χ1) is 10.1. The number of aliphatic hydroxyl groups is 1. The average Bonchev–Trinajstić information content (AvgIpc) is 2.52. The Labute approximate surface area is 122 Å². The van der Waals surface area contributed by atoms with E-state index in [2.05, 4.69) is 0 Å². The number of aliphatic hydroxyl groups excluding tert-OH is 1. The van der Waals surface area contributed by atoms with E-state index < -0.39 is 12.1 Å². The van der Waals surface area contributed by atoms with E-state index in [0.717, 1.165) is 11.6 Å². The summed E-state index contributed by atoms with van der Waals surface area (Å²) >= 11 is 0. The van der Waals surface area contributed by atoms with Crippen LogP contribution in [0.1, 0.15) is 17.2 Å². The fraction of sp³-hybridized carbons (Fsp3) is 0.118. The number of carboxylic acid groups (broad SMARTS) is 1. The van der Waals surface area contributed by atoms with Gasteiger partial charge in [-0.2, -0.15) is 0 Å². The standard InChI is InChI=1S/C17H16O4/c18-16(10-11-17(19)20)14-6-8-15(9-7-14)21-12-13-4-2-1-3-5-13/h1-11,16,18H,12H2,(H,19,20)/b11-10+. The Morgan fingerprint density at radius 2 is 1.76 bits per heavy atom. The minimum Gasteiger partial charge on any atom is -0.489 e. The molecule has 0 aromatic heterocycles. The van der Waals surface area contributed by atoms with Crippen LogP contribution in [0.4, 0.5) is 0 Å². The molecule has 1 atom stereocenters. The van der Waals surface area contributed by atoms with Crippen LogP contribution >= 0.6 is 0 Å². The summed E-state index contributed by atoms with van der Waals surface area (Å²) in [5, 5.41) is 18.3. The Morgan fingerprint density at radius 3 is 2.38 bits per heavy atom. The van der Waals surface area contributed by atoms with Crippen LogP contribution in [0.2, 0.25) is 0 Å². The summed E-state index contributed by atoms with van der Waals surface area (Å²) in [6.07, 6.45) is 1.20. The molecule has 2 N–H and O–H groups in total. The number of rotatable bonds is 6. The highest BCUT2D eigenvalue weighted by atomic mass is 16.5. The second-order valence-electron chi connectivity index (χ2n) is 4.49. The lowest BCUT2D eigenvalue weighted by Gasteiger charge is -2.09. The van der Waals surface area contributed by atoms with Gasteiger partial charge in [-0.05, 0) is 29.3 Å². The molecule has 1 unspecified atom stereocenters. The van der Waals surface area contributed by atoms with Gasteiger partial charge in [0.05, 0.1) is 6.10 Å². The Bertz CT molecular complexity index is 602. The summed E-state index contributed by atoms with van der Waals surface area (Å²) in [5.74, 6) is -0.395. The molecule has 2 aromatic carbocycles. The molecule has 0 heterocycles. The van der Waals surface area contributed by atoms with E-state index in [0.29, 0.717) is 17.9 Å². The summed E-state index contributed by atoms with van der Waals surface area (Å²) in [6.45, 7) is 0.474. The molecule has 0 spiro atoms. The van der Waals surface area contributed by atoms with E-state index in [9.17, 15) is 9.90 Å². The van der Waals surface area contributed by atoms with Crippen molar-refractivity contribution >= 4 is 5.97 Å². The predicted molar refractivity (Wildman–Crippen MR) is 79.0 cm³/mol. The third kappa shape index (κ3) is 4.78. The number of benzene rings is 2. The second-order valence-corrected chi connectivity index (χ2v) is 4.49. The molecule has 2 rings (SSSR count). The summed E-state index contributed by atoms with van der Waals surface area (Å²) < 4.78 is 5.63. The largest absolute Gasteiger partial charge is 0.489 e. The van der Waals surface area contributed by atoms with Gasteiger partial charge in [0.1, 0.15) is 12.4 Å². The van der Waals surface area contributed by atoms with Crippen LogP contribution in [-0.2, 0) is 11.4 Å². The minimum absolute atomic E-state index is 0.474. The molecule has 108 valence electrons. The fourth-order valence-corrected chi connectivity index (χ4v) is 1.79. The first kappa shape index (κ1) is 14.8. The smallest absolute Gasteiger partial charge is 0.328 e. The van der Waals surface area contributed by atoms with E-state index in [1.165, 1.54) is 6.08 Å². The van der Waals surface area contributed by atoms with Gasteiger partial charge in [-0.1, -0.05) is 42.5 Å². The van der Waals surface area contributed by atoms with Crippen molar-refractivity contribution in [1.82, 2.24) is 0 Å². The van der Waals surface area contributed by atoms with Crippen molar-refractivity contribution in [3.8, 4) is 5.75 Å². The lowest BCUT2D eigenvalue weighted by Crippen LogP contribution is -1.97. The molecular weight excluding hydrogens is 268 g/mol. The number of carboxylic acids is 1. The zero-order chi connectivity index (χ0) is 15.1. The third-order valence-corrected chi connectivity index (χ3v) is 2.89. The van der Waals surface area contributed by atoms with E-state index in [4.69, 9.17) is 9.84 Å². The molecule has 0 aliphatic heterocycles. The molecule has 0 aliphatic rings. The quantitative estimate of drug-likeness (QED) is 0.800. The van der Waals surface area contributed by atoms with Gasteiger partial charge >= 0.3 is 5.97 Å². The van der Waals surface area contributed by atoms with Gasteiger partial charge in [0.15, 0.2) is 0 Å². The van der Waals surface area contributed by atoms with E-state index in [-0.39, 0.29) is 0 Å². The summed E-state index contributed by atoms with van der Waals surface area (Å²) in [5.41, 5.74) is 1.69. The molecule has 4 heteroatoms. The highest BCUT2D eigenvalue weighted by Crippen LogP contribution is 2.19. The SMILES string of the molecule is O=C(O)/C=C/C(O)c1ccc(OCc2ccccc2)cc1. The lowest BCUT2D eigenvalue weighted by atomic mass is 10.1. The van der Waals surface area contributed by atoms with Gasteiger partial charge in [-0.15, -0.1) is 0 Å². The minimum atomic E-state index is -1.09. The zero-order valence-electron chi connectivity index (χ0n) is 11.3. The molecule has 0 saturated carbocycles. The molecular formula is C17H16O4. The van der Waals surface area contributed by atoms with Gasteiger partial charge < -0.3 is 14.9 Å². The Morgan fingerprint density at radius 1 is 1.10 bits per heavy atom. The van der Waals surface area contributed by atoms with E-state index in [1.54, 1.807) is 24.3 Å². The maximum Gasteiger partial charge on any atom is 0.328 e. The van der Waals surface area contributed by atoms with Gasteiger partial charge in [0.25, 0.3) is 0 Å². The summed E-state index contributed by atoms with van der Waals surface area (Å²) in [6, 6.07) is 16.7. The normalized spacial score (nSPS) is 12.2. The second kappa shape index (κ2) is 7.26. The highest BCUT2D eigenvalue weighted by Gasteiger charge is 2.04. The zero-order valence-corrected chi connectivity index (χ0v) is 11.3. The fourth-order valence-electron chi connectivity index (χ4n) is 1.79. The van der Waals surface area contributed by atoms with E-state index in [1.807, 2.05) is 30.3 Å². The van der Waals surface area contributed by atoms with Gasteiger partial charge in [-0.25, -0.2) is 4.79 Å². The Kier molecular flexibility index (Phi) is 5.12. The molecule has 0 bridgehead atoms. The molecule has 0 radical (unpaired) electrons. The summed E-state index contributed by atoms with van der Waals surface area (Å²) in [7, 11) is 0. The number of aliphatic carboxylic acids is 1. The molecule has 0 amide bonds.